The number of H-pyrrole nitrogens is 1. The molecule has 3 aromatic rings. The third kappa shape index (κ3) is 8.51. The van der Waals surface area contributed by atoms with E-state index in [1.165, 1.54) is 17.7 Å². The Kier molecular flexibility index (Phi) is 10.6. The Bertz CT molecular complexity index is 1510. The second-order valence-electron chi connectivity index (χ2n) is 13.1. The van der Waals surface area contributed by atoms with Crippen LogP contribution in [-0.4, -0.2) is 71.0 Å². The number of aliphatic hydroxyl groups is 1. The highest BCUT2D eigenvalue weighted by Crippen LogP contribution is 2.33. The van der Waals surface area contributed by atoms with Crippen LogP contribution in [0.1, 0.15) is 58.6 Å². The Morgan fingerprint density at radius 2 is 1.84 bits per heavy atom. The van der Waals surface area contributed by atoms with E-state index in [0.717, 1.165) is 37.7 Å². The van der Waals surface area contributed by atoms with E-state index < -0.39 is 29.7 Å². The lowest BCUT2D eigenvalue weighted by Crippen LogP contribution is -2.60. The van der Waals surface area contributed by atoms with Crippen LogP contribution in [0.15, 0.2) is 42.5 Å². The van der Waals surface area contributed by atoms with E-state index in [1.54, 1.807) is 20.8 Å². The molecule has 11 heteroatoms. The number of benzene rings is 2. The van der Waals surface area contributed by atoms with Crippen LogP contribution in [0.25, 0.3) is 22.0 Å². The van der Waals surface area contributed by atoms with Crippen LogP contribution in [0.5, 0.6) is 0 Å². The number of hydrazine groups is 1. The van der Waals surface area contributed by atoms with E-state index in [1.807, 2.05) is 38.1 Å². The lowest BCUT2D eigenvalue weighted by molar-refractivity contribution is -0.150. The standard InChI is InChI=1S/C33H43IN4O6/c1-32(2,3)44-31(42)36-27(29(40)38-14-8-11-26(37-38)30(41)43-6)16-20-9-7-10-21(15-20)22-12-13-25-23(17-22)24(28(34)35-25)18-33(4,5)19-39/h7,9-10,12-13,15,17,26-27,35,37,39H,8,11,14,16,18-19H2,1-6H3,(H,36,42)/t26-,27-/m0/s1. The number of aromatic nitrogens is 1. The molecule has 4 N–H and O–H groups in total. The van der Waals surface area contributed by atoms with Gasteiger partial charge in [-0.1, -0.05) is 44.2 Å². The zero-order chi connectivity index (χ0) is 32.2. The van der Waals surface area contributed by atoms with Crippen molar-refractivity contribution in [1.29, 1.82) is 0 Å². The van der Waals surface area contributed by atoms with Crippen molar-refractivity contribution in [3.63, 3.8) is 0 Å². The lowest BCUT2D eigenvalue weighted by atomic mass is 9.86. The first kappa shape index (κ1) is 33.7. The minimum atomic E-state index is -0.940. The molecule has 1 saturated heterocycles. The molecule has 1 aromatic heterocycles. The third-order valence-corrected chi connectivity index (χ3v) is 8.49. The van der Waals surface area contributed by atoms with Gasteiger partial charge in [0.25, 0.3) is 5.91 Å². The minimum absolute atomic E-state index is 0.0883. The van der Waals surface area contributed by atoms with Crippen LogP contribution in [0.4, 0.5) is 4.79 Å². The maximum Gasteiger partial charge on any atom is 0.408 e. The van der Waals surface area contributed by atoms with Gasteiger partial charge in [-0.2, -0.15) is 0 Å². The summed E-state index contributed by atoms with van der Waals surface area (Å²) in [7, 11) is 1.32. The average Bonchev–Trinajstić information content (AvgIpc) is 3.28. The molecule has 0 radical (unpaired) electrons. The fourth-order valence-electron chi connectivity index (χ4n) is 5.31. The van der Waals surface area contributed by atoms with Gasteiger partial charge in [0.05, 0.1) is 10.8 Å². The van der Waals surface area contributed by atoms with E-state index in [2.05, 4.69) is 56.5 Å². The Hall–Kier alpha value is -3.16. The number of halogens is 1. The topological polar surface area (TPSA) is 133 Å². The summed E-state index contributed by atoms with van der Waals surface area (Å²) in [4.78, 5) is 42.2. The van der Waals surface area contributed by atoms with Gasteiger partial charge in [-0.25, -0.2) is 10.2 Å². The highest BCUT2D eigenvalue weighted by molar-refractivity contribution is 14.1. The van der Waals surface area contributed by atoms with Crippen molar-refractivity contribution in [3.05, 3.63) is 57.3 Å². The van der Waals surface area contributed by atoms with Gasteiger partial charge in [-0.3, -0.25) is 14.6 Å². The number of hydrogen-bond acceptors (Lipinski definition) is 7. The molecule has 238 valence electrons. The van der Waals surface area contributed by atoms with Gasteiger partial charge in [0.15, 0.2) is 0 Å². The molecular weight excluding hydrogens is 675 g/mol. The maximum absolute atomic E-state index is 13.8. The fraction of sp³-hybridized carbons (Fsp3) is 0.485. The van der Waals surface area contributed by atoms with Gasteiger partial charge in [0.2, 0.25) is 0 Å². The molecule has 0 spiro atoms. The number of aliphatic hydroxyl groups excluding tert-OH is 1. The quantitative estimate of drug-likeness (QED) is 0.179. The van der Waals surface area contributed by atoms with Crippen molar-refractivity contribution in [1.82, 2.24) is 20.7 Å². The summed E-state index contributed by atoms with van der Waals surface area (Å²) in [5.74, 6) is -0.807. The predicted octanol–water partition coefficient (Wildman–Crippen LogP) is 5.10. The first-order valence-electron chi connectivity index (χ1n) is 14.8. The summed E-state index contributed by atoms with van der Waals surface area (Å²) in [6.45, 7) is 9.87. The van der Waals surface area contributed by atoms with Crippen molar-refractivity contribution in [2.75, 3.05) is 20.3 Å². The number of carbonyl (C=O) groups is 3. The highest BCUT2D eigenvalue weighted by atomic mass is 127. The largest absolute Gasteiger partial charge is 0.468 e. The van der Waals surface area contributed by atoms with Crippen molar-refractivity contribution in [2.45, 2.75) is 78.0 Å². The molecule has 0 saturated carbocycles. The number of fused-ring (bicyclic) bond motifs is 1. The van der Waals surface area contributed by atoms with Gasteiger partial charge < -0.3 is 24.9 Å². The molecular formula is C33H43IN4O6. The Morgan fingerprint density at radius 1 is 1.11 bits per heavy atom. The van der Waals surface area contributed by atoms with Crippen LogP contribution in [0.3, 0.4) is 0 Å². The number of ether oxygens (including phenoxy) is 2. The zero-order valence-corrected chi connectivity index (χ0v) is 28.4. The second kappa shape index (κ2) is 13.9. The molecule has 10 nitrogen and oxygen atoms in total. The van der Waals surface area contributed by atoms with Crippen LogP contribution in [0.2, 0.25) is 0 Å². The monoisotopic (exact) mass is 718 g/mol. The van der Waals surface area contributed by atoms with E-state index in [9.17, 15) is 19.5 Å². The van der Waals surface area contributed by atoms with Gasteiger partial charge in [-0.05, 0) is 102 Å². The molecule has 1 aliphatic heterocycles. The van der Waals surface area contributed by atoms with E-state index in [0.29, 0.717) is 19.4 Å². The van der Waals surface area contributed by atoms with Crippen LogP contribution >= 0.6 is 22.6 Å². The van der Waals surface area contributed by atoms with Gasteiger partial charge in [0, 0.05) is 30.5 Å². The van der Waals surface area contributed by atoms with Crippen molar-refractivity contribution >= 4 is 51.5 Å². The molecule has 1 aliphatic rings. The smallest absolute Gasteiger partial charge is 0.408 e. The first-order chi connectivity index (χ1) is 20.7. The third-order valence-electron chi connectivity index (χ3n) is 7.56. The molecule has 0 aliphatic carbocycles. The van der Waals surface area contributed by atoms with Gasteiger partial charge >= 0.3 is 12.1 Å². The predicted molar refractivity (Wildman–Crippen MR) is 178 cm³/mol. The number of carbonyl (C=O) groups excluding carboxylic acids is 3. The number of esters is 1. The molecule has 4 rings (SSSR count). The number of nitrogens with one attached hydrogen (secondary N) is 3. The van der Waals surface area contributed by atoms with E-state index >= 15 is 0 Å². The molecule has 1 fully saturated rings. The normalized spacial score (nSPS) is 16.5. The molecule has 2 amide bonds. The Balaban J connectivity index is 1.62. The van der Waals surface area contributed by atoms with Crippen molar-refractivity contribution in [2.24, 2.45) is 5.41 Å². The number of alkyl carbamates (subject to hydrolysis) is 1. The first-order valence-corrected chi connectivity index (χ1v) is 15.9. The van der Waals surface area contributed by atoms with Crippen molar-refractivity contribution in [3.8, 4) is 11.1 Å². The highest BCUT2D eigenvalue weighted by Gasteiger charge is 2.34. The lowest BCUT2D eigenvalue weighted by Gasteiger charge is -2.35. The number of hydrogen-bond donors (Lipinski definition) is 4. The number of methoxy groups -OCH3 is 1. The molecule has 0 unspecified atom stereocenters. The summed E-state index contributed by atoms with van der Waals surface area (Å²) >= 11 is 2.31. The fourth-order valence-corrected chi connectivity index (χ4v) is 6.08. The van der Waals surface area contributed by atoms with Crippen molar-refractivity contribution < 1.29 is 29.0 Å². The summed E-state index contributed by atoms with van der Waals surface area (Å²) in [5.41, 5.74) is 7.01. The van der Waals surface area contributed by atoms with Crippen LogP contribution in [0, 0.1) is 9.12 Å². The Morgan fingerprint density at radius 3 is 2.52 bits per heavy atom. The second-order valence-corrected chi connectivity index (χ2v) is 14.2. The minimum Gasteiger partial charge on any atom is -0.468 e. The summed E-state index contributed by atoms with van der Waals surface area (Å²) < 4.78 is 11.4. The van der Waals surface area contributed by atoms with Crippen LogP contribution < -0.4 is 10.7 Å². The SMILES string of the molecule is COC(=O)[C@@H]1CCCN(C(=O)[C@H](Cc2cccc(-c3ccc4[nH]c(I)c(CC(C)(C)CO)c4c3)c2)NC(=O)OC(C)(C)C)N1. The maximum atomic E-state index is 13.8. The summed E-state index contributed by atoms with van der Waals surface area (Å²) in [6, 6.07) is 12.6. The summed E-state index contributed by atoms with van der Waals surface area (Å²) in [5, 5.41) is 15.1. The summed E-state index contributed by atoms with van der Waals surface area (Å²) in [6.07, 6.45) is 1.41. The average molecular weight is 719 g/mol. The Labute approximate surface area is 272 Å². The zero-order valence-electron chi connectivity index (χ0n) is 26.3. The van der Waals surface area contributed by atoms with Gasteiger partial charge in [-0.15, -0.1) is 0 Å². The van der Waals surface area contributed by atoms with E-state index in [-0.39, 0.29) is 24.3 Å². The number of aromatic amines is 1. The molecule has 2 aromatic carbocycles. The number of amides is 2. The molecule has 2 heterocycles. The van der Waals surface area contributed by atoms with E-state index in [4.69, 9.17) is 9.47 Å². The number of nitrogens with zero attached hydrogens (tertiary/aromatic N) is 1. The molecule has 2 atom stereocenters. The van der Waals surface area contributed by atoms with Gasteiger partial charge in [0.1, 0.15) is 17.7 Å². The molecule has 0 bridgehead atoms. The van der Waals surface area contributed by atoms with Crippen LogP contribution in [-0.2, 0) is 31.9 Å². The number of rotatable bonds is 9. The molecule has 44 heavy (non-hydrogen) atoms.